The summed E-state index contributed by atoms with van der Waals surface area (Å²) in [7, 11) is 0. The van der Waals surface area contributed by atoms with Crippen LogP contribution < -0.4 is 0 Å². The first-order valence-corrected chi connectivity index (χ1v) is 4.25. The molecule has 0 aromatic rings. The van der Waals surface area contributed by atoms with Gasteiger partial charge in [0, 0.05) is 6.04 Å². The van der Waals surface area contributed by atoms with Crippen LogP contribution in [0.2, 0.25) is 0 Å². The maximum Gasteiger partial charge on any atom is 0.410 e. The summed E-state index contributed by atoms with van der Waals surface area (Å²) < 4.78 is 5.08. The topological polar surface area (TPSA) is 29.5 Å². The van der Waals surface area contributed by atoms with Gasteiger partial charge in [-0.3, -0.25) is 0 Å². The predicted octanol–water partition coefficient (Wildman–Crippen LogP) is 1.79. The van der Waals surface area contributed by atoms with E-state index in [1.165, 1.54) is 0 Å². The molecule has 0 aromatic carbocycles. The molecule has 0 radical (unpaired) electrons. The van der Waals surface area contributed by atoms with Crippen LogP contribution in [0.1, 0.15) is 20.8 Å². The van der Waals surface area contributed by atoms with Crippen molar-refractivity contribution >= 4 is 6.09 Å². The highest BCUT2D eigenvalue weighted by Crippen LogP contribution is 2.14. The van der Waals surface area contributed by atoms with E-state index < -0.39 is 0 Å². The molecule has 12 heavy (non-hydrogen) atoms. The second kappa shape index (κ2) is 3.61. The third-order valence-electron chi connectivity index (χ3n) is 1.89. The summed E-state index contributed by atoms with van der Waals surface area (Å²) in [4.78, 5) is 12.9. The van der Waals surface area contributed by atoms with E-state index in [0.717, 1.165) is 0 Å². The lowest BCUT2D eigenvalue weighted by molar-refractivity contribution is 0.141. The molecule has 0 aliphatic carbocycles. The highest BCUT2D eigenvalue weighted by Gasteiger charge is 2.30. The van der Waals surface area contributed by atoms with Gasteiger partial charge in [0.05, 0.1) is 6.54 Å². The van der Waals surface area contributed by atoms with E-state index in [2.05, 4.69) is 0 Å². The fraction of sp³-hybridized carbons (Fsp3) is 0.667. The Morgan fingerprint density at radius 2 is 2.33 bits per heavy atom. The lowest BCUT2D eigenvalue weighted by Gasteiger charge is -2.16. The number of nitrogens with zero attached hydrogens (tertiary/aromatic N) is 1. The van der Waals surface area contributed by atoms with Crippen molar-refractivity contribution in [3.8, 4) is 0 Å². The quantitative estimate of drug-likeness (QED) is 0.590. The Hall–Kier alpha value is -0.990. The lowest BCUT2D eigenvalue weighted by Crippen LogP contribution is -2.31. The minimum absolute atomic E-state index is 0.0510. The fourth-order valence-electron chi connectivity index (χ4n) is 1.24. The third kappa shape index (κ3) is 1.78. The first kappa shape index (κ1) is 9.10. The molecule has 0 saturated carbocycles. The average molecular weight is 169 g/mol. The van der Waals surface area contributed by atoms with E-state index >= 15 is 0 Å². The van der Waals surface area contributed by atoms with Gasteiger partial charge in [-0.2, -0.15) is 0 Å². The minimum Gasteiger partial charge on any atom is -0.440 e. The largest absolute Gasteiger partial charge is 0.440 e. The van der Waals surface area contributed by atoms with Crippen molar-refractivity contribution < 1.29 is 9.53 Å². The number of rotatable bonds is 2. The molecule has 0 aromatic heterocycles. The third-order valence-corrected chi connectivity index (χ3v) is 1.89. The molecule has 1 heterocycles. The molecule has 1 aliphatic rings. The Bertz CT molecular complexity index is 199. The monoisotopic (exact) mass is 169 g/mol. The molecule has 0 unspecified atom stereocenters. The van der Waals surface area contributed by atoms with Crippen LogP contribution in [0.5, 0.6) is 0 Å². The van der Waals surface area contributed by atoms with Crippen LogP contribution >= 0.6 is 0 Å². The van der Waals surface area contributed by atoms with Gasteiger partial charge in [-0.05, 0) is 26.8 Å². The number of hydrogen-bond acceptors (Lipinski definition) is 2. The van der Waals surface area contributed by atoms with E-state index in [-0.39, 0.29) is 18.2 Å². The van der Waals surface area contributed by atoms with E-state index in [9.17, 15) is 4.79 Å². The molecule has 68 valence electrons. The number of carbonyl (C=O) groups is 1. The number of hydrogen-bond donors (Lipinski definition) is 0. The van der Waals surface area contributed by atoms with E-state index in [4.69, 9.17) is 4.74 Å². The van der Waals surface area contributed by atoms with Crippen molar-refractivity contribution in [2.45, 2.75) is 32.9 Å². The molecule has 0 N–H and O–H groups in total. The molecular weight excluding hydrogens is 154 g/mol. The molecule has 0 spiro atoms. The second-order valence-corrected chi connectivity index (χ2v) is 3.19. The molecule has 1 aliphatic heterocycles. The lowest BCUT2D eigenvalue weighted by atomic mass is 10.3. The van der Waals surface area contributed by atoms with Crippen LogP contribution in [0.15, 0.2) is 12.2 Å². The van der Waals surface area contributed by atoms with Crippen LogP contribution in [0.25, 0.3) is 0 Å². The molecule has 1 amide bonds. The maximum absolute atomic E-state index is 11.2. The molecule has 1 fully saturated rings. The Kier molecular flexibility index (Phi) is 2.74. The number of allylic oxidation sites excluding steroid dienone is 1. The van der Waals surface area contributed by atoms with Gasteiger partial charge < -0.3 is 9.64 Å². The van der Waals surface area contributed by atoms with Gasteiger partial charge in [0.1, 0.15) is 6.10 Å². The highest BCUT2D eigenvalue weighted by atomic mass is 16.6. The average Bonchev–Trinajstić information content (AvgIpc) is 2.32. The van der Waals surface area contributed by atoms with Gasteiger partial charge in [0.2, 0.25) is 0 Å². The smallest absolute Gasteiger partial charge is 0.410 e. The number of amides is 1. The van der Waals surface area contributed by atoms with Crippen LogP contribution in [-0.2, 0) is 4.74 Å². The summed E-state index contributed by atoms with van der Waals surface area (Å²) in [5, 5.41) is 0. The summed E-state index contributed by atoms with van der Waals surface area (Å²) in [6.07, 6.45) is 3.56. The van der Waals surface area contributed by atoms with Crippen molar-refractivity contribution in [1.82, 2.24) is 4.90 Å². The molecule has 1 rings (SSSR count). The van der Waals surface area contributed by atoms with Gasteiger partial charge >= 0.3 is 6.09 Å². The SMILES string of the molecule is C/C=C/[C@@H]1CN(C(C)C)C(=O)O1. The number of ether oxygens (including phenoxy) is 1. The number of carbonyl (C=O) groups excluding carboxylic acids is 1. The van der Waals surface area contributed by atoms with Gasteiger partial charge in [0.15, 0.2) is 0 Å². The van der Waals surface area contributed by atoms with Crippen molar-refractivity contribution in [2.75, 3.05) is 6.54 Å². The van der Waals surface area contributed by atoms with Crippen molar-refractivity contribution in [1.29, 1.82) is 0 Å². The predicted molar refractivity (Wildman–Crippen MR) is 46.9 cm³/mol. The Morgan fingerprint density at radius 3 is 2.75 bits per heavy atom. The van der Waals surface area contributed by atoms with E-state index in [0.29, 0.717) is 6.54 Å². The van der Waals surface area contributed by atoms with Crippen molar-refractivity contribution in [3.63, 3.8) is 0 Å². The van der Waals surface area contributed by atoms with Gasteiger partial charge in [-0.15, -0.1) is 0 Å². The summed E-state index contributed by atoms with van der Waals surface area (Å²) in [5.74, 6) is 0. The van der Waals surface area contributed by atoms with Crippen molar-refractivity contribution in [2.24, 2.45) is 0 Å². The summed E-state index contributed by atoms with van der Waals surface area (Å²) in [6, 6.07) is 0.229. The molecule has 3 nitrogen and oxygen atoms in total. The molecule has 0 bridgehead atoms. The Balaban J connectivity index is 2.56. The van der Waals surface area contributed by atoms with Crippen LogP contribution in [0, 0.1) is 0 Å². The second-order valence-electron chi connectivity index (χ2n) is 3.19. The Labute approximate surface area is 73.0 Å². The fourth-order valence-corrected chi connectivity index (χ4v) is 1.24. The van der Waals surface area contributed by atoms with Crippen LogP contribution in [0.4, 0.5) is 4.79 Å². The normalized spacial score (nSPS) is 24.2. The molecular formula is C9H15NO2. The van der Waals surface area contributed by atoms with E-state index in [1.54, 1.807) is 4.90 Å². The number of cyclic esters (lactones) is 1. The summed E-state index contributed by atoms with van der Waals surface area (Å²) >= 11 is 0. The van der Waals surface area contributed by atoms with Gasteiger partial charge in [-0.1, -0.05) is 6.08 Å². The highest BCUT2D eigenvalue weighted by molar-refractivity contribution is 5.70. The first-order valence-electron chi connectivity index (χ1n) is 4.25. The maximum atomic E-state index is 11.2. The molecule has 1 saturated heterocycles. The zero-order valence-corrected chi connectivity index (χ0v) is 7.78. The zero-order valence-electron chi connectivity index (χ0n) is 7.78. The Morgan fingerprint density at radius 1 is 1.67 bits per heavy atom. The summed E-state index contributed by atoms with van der Waals surface area (Å²) in [5.41, 5.74) is 0. The first-order chi connectivity index (χ1) is 5.65. The molecule has 3 heteroatoms. The van der Waals surface area contributed by atoms with Crippen LogP contribution in [-0.4, -0.2) is 29.7 Å². The van der Waals surface area contributed by atoms with E-state index in [1.807, 2.05) is 32.9 Å². The van der Waals surface area contributed by atoms with Gasteiger partial charge in [0.25, 0.3) is 0 Å². The standard InChI is InChI=1S/C9H15NO2/c1-4-5-8-6-10(7(2)3)9(11)12-8/h4-5,7-8H,6H2,1-3H3/b5-4+/t8-/m1/s1. The van der Waals surface area contributed by atoms with Gasteiger partial charge in [-0.25, -0.2) is 4.79 Å². The molecule has 1 atom stereocenters. The zero-order chi connectivity index (χ0) is 9.14. The minimum atomic E-state index is -0.201. The summed E-state index contributed by atoms with van der Waals surface area (Å²) in [6.45, 7) is 6.57. The van der Waals surface area contributed by atoms with Crippen molar-refractivity contribution in [3.05, 3.63) is 12.2 Å². The van der Waals surface area contributed by atoms with Crippen LogP contribution in [0.3, 0.4) is 0 Å².